The molecule has 0 aliphatic heterocycles. The highest BCUT2D eigenvalue weighted by Gasteiger charge is 2.25. The number of fused-ring (bicyclic) bond motifs is 2. The van der Waals surface area contributed by atoms with Crippen LogP contribution in [0.3, 0.4) is 0 Å². The molecular formula is C72H44F2N4. The lowest BCUT2D eigenvalue weighted by molar-refractivity contribution is 0.627. The Labute approximate surface area is 447 Å². The van der Waals surface area contributed by atoms with Crippen LogP contribution in [0.4, 0.5) is 42.9 Å². The Morgan fingerprint density at radius 2 is 0.590 bits per heavy atom. The second kappa shape index (κ2) is 17.1. The van der Waals surface area contributed by atoms with Crippen molar-refractivity contribution in [3.05, 3.63) is 279 Å². The Bertz CT molecular complexity index is 4650. The lowest BCUT2D eigenvalue weighted by Gasteiger charge is -2.28. The van der Waals surface area contributed by atoms with E-state index in [1.807, 2.05) is 24.3 Å². The largest absolute Gasteiger partial charge is 0.310 e. The molecular weight excluding hydrogens is 959 g/mol. The summed E-state index contributed by atoms with van der Waals surface area (Å²) >= 11 is 0. The average Bonchev–Trinajstić information content (AvgIpc) is 3.87. The van der Waals surface area contributed by atoms with Crippen LogP contribution >= 0.6 is 0 Å². The van der Waals surface area contributed by atoms with E-state index in [0.29, 0.717) is 0 Å². The fourth-order valence-electron chi connectivity index (χ4n) is 12.7. The molecule has 2 aromatic heterocycles. The normalized spacial score (nSPS) is 12.0. The van der Waals surface area contributed by atoms with Crippen molar-refractivity contribution in [2.75, 3.05) is 9.80 Å². The fraction of sp³-hybridized carbons (Fsp3) is 0. The number of aromatic nitrogens is 2. The molecule has 16 aromatic rings. The number of rotatable bonds is 9. The second-order valence-electron chi connectivity index (χ2n) is 20.3. The molecule has 0 bridgehead atoms. The van der Waals surface area contributed by atoms with E-state index in [1.165, 1.54) is 78.1 Å². The van der Waals surface area contributed by atoms with E-state index < -0.39 is 0 Å². The maximum atomic E-state index is 14.7. The fourth-order valence-corrected chi connectivity index (χ4v) is 12.7. The van der Waals surface area contributed by atoms with Gasteiger partial charge in [-0.05, 0) is 154 Å². The number of anilines is 6. The van der Waals surface area contributed by atoms with E-state index in [2.05, 4.69) is 237 Å². The predicted octanol–water partition coefficient (Wildman–Crippen LogP) is 20.3. The number of hydrogen-bond acceptors (Lipinski definition) is 2. The zero-order valence-corrected chi connectivity index (χ0v) is 41.9. The summed E-state index contributed by atoms with van der Waals surface area (Å²) in [5.41, 5.74) is 14.5. The molecule has 14 aromatic carbocycles. The van der Waals surface area contributed by atoms with Crippen molar-refractivity contribution < 1.29 is 8.78 Å². The Balaban J connectivity index is 0.799. The molecule has 0 saturated carbocycles. The summed E-state index contributed by atoms with van der Waals surface area (Å²) in [6.07, 6.45) is 0. The molecule has 0 aliphatic carbocycles. The third-order valence-electron chi connectivity index (χ3n) is 16.1. The van der Waals surface area contributed by atoms with Gasteiger partial charge in [0.1, 0.15) is 11.6 Å². The third kappa shape index (κ3) is 6.63. The number of nitrogens with zero attached hydrogens (tertiary/aromatic N) is 4. The minimum Gasteiger partial charge on any atom is -0.310 e. The minimum absolute atomic E-state index is 0.287. The summed E-state index contributed by atoms with van der Waals surface area (Å²) in [4.78, 5) is 4.47. The van der Waals surface area contributed by atoms with Gasteiger partial charge in [0.25, 0.3) is 0 Å². The van der Waals surface area contributed by atoms with Gasteiger partial charge in [-0.1, -0.05) is 146 Å². The smallest absolute Gasteiger partial charge is 0.123 e. The third-order valence-corrected chi connectivity index (χ3v) is 16.1. The summed E-state index contributed by atoms with van der Waals surface area (Å²) < 4.78 is 34.2. The quantitative estimate of drug-likeness (QED) is 0.134. The summed E-state index contributed by atoms with van der Waals surface area (Å²) in [6, 6.07) is 91.9. The molecule has 0 saturated heterocycles. The van der Waals surface area contributed by atoms with Crippen LogP contribution in [0.5, 0.6) is 0 Å². The van der Waals surface area contributed by atoms with Gasteiger partial charge in [0, 0.05) is 65.8 Å². The minimum atomic E-state index is -0.287. The van der Waals surface area contributed by atoms with E-state index in [4.69, 9.17) is 0 Å². The number of halogens is 2. The molecule has 78 heavy (non-hydrogen) atoms. The highest BCUT2D eigenvalue weighted by atomic mass is 19.1. The van der Waals surface area contributed by atoms with Gasteiger partial charge < -0.3 is 18.9 Å². The van der Waals surface area contributed by atoms with Gasteiger partial charge in [-0.25, -0.2) is 8.78 Å². The van der Waals surface area contributed by atoms with E-state index >= 15 is 0 Å². The zero-order valence-electron chi connectivity index (χ0n) is 41.9. The van der Waals surface area contributed by atoms with Crippen LogP contribution in [0.25, 0.3) is 109 Å². The van der Waals surface area contributed by atoms with Crippen molar-refractivity contribution in [3.63, 3.8) is 0 Å². The highest BCUT2D eigenvalue weighted by Crippen LogP contribution is 2.49. The van der Waals surface area contributed by atoms with E-state index in [-0.39, 0.29) is 11.6 Å². The second-order valence-corrected chi connectivity index (χ2v) is 20.3. The molecule has 0 N–H and O–H groups in total. The SMILES string of the molecule is Fc1ccc(N(c2ccc(-c3ccc(N(c4ccc(F)cc4)c4ccc5c6c4ccc4cccc(c46)n5-c4cccc5ccccc45)cc3)cc2)c2ccc3c4c2ccc2cccc(c24)n3-c2cccc3ccccc23)cc1. The molecule has 0 unspecified atom stereocenters. The standard InChI is InChI=1S/C72H44F2N4/c73-51-27-35-55(36-28-51)75(63-41-43-67-71-59(63)39-25-49-13-7-19-65(69(49)71)77(67)61-17-5-11-47-9-1-3-15-57(47)61)53-31-21-45(22-32-53)46-23-33-54(34-24-46)76(56-37-29-52(74)30-38-56)64-42-44-68-72-60(64)40-26-50-14-8-20-66(70(50)72)78(68)62-18-6-12-48-10-2-4-16-58(48)62/h1-44H. The van der Waals surface area contributed by atoms with Crippen LogP contribution < -0.4 is 9.80 Å². The Kier molecular flexibility index (Phi) is 9.66. The maximum Gasteiger partial charge on any atom is 0.123 e. The Morgan fingerprint density at radius 1 is 0.244 bits per heavy atom. The van der Waals surface area contributed by atoms with Crippen molar-refractivity contribution in [2.24, 2.45) is 0 Å². The summed E-state index contributed by atoms with van der Waals surface area (Å²) in [5.74, 6) is -0.574. The topological polar surface area (TPSA) is 16.3 Å². The van der Waals surface area contributed by atoms with Crippen LogP contribution in [-0.2, 0) is 0 Å². The van der Waals surface area contributed by atoms with Crippen LogP contribution in [0.1, 0.15) is 0 Å². The Hall–Kier alpha value is -10.3. The molecule has 6 heteroatoms. The van der Waals surface area contributed by atoms with Gasteiger partial charge in [-0.15, -0.1) is 0 Å². The van der Waals surface area contributed by atoms with E-state index in [0.717, 1.165) is 89.5 Å². The lowest BCUT2D eigenvalue weighted by atomic mass is 9.99. The predicted molar refractivity (Wildman–Crippen MR) is 322 cm³/mol. The van der Waals surface area contributed by atoms with Crippen LogP contribution in [-0.4, -0.2) is 9.13 Å². The molecule has 0 atom stereocenters. The molecule has 366 valence electrons. The number of benzene rings is 14. The van der Waals surface area contributed by atoms with Crippen molar-refractivity contribution in [1.29, 1.82) is 0 Å². The summed E-state index contributed by atoms with van der Waals surface area (Å²) in [5, 5.41) is 14.1. The van der Waals surface area contributed by atoms with Gasteiger partial charge in [-0.3, -0.25) is 0 Å². The maximum absolute atomic E-state index is 14.7. The molecule has 0 fully saturated rings. The zero-order chi connectivity index (χ0) is 51.6. The summed E-state index contributed by atoms with van der Waals surface area (Å²) in [6.45, 7) is 0. The van der Waals surface area contributed by atoms with Gasteiger partial charge in [0.15, 0.2) is 0 Å². The van der Waals surface area contributed by atoms with E-state index in [9.17, 15) is 8.78 Å². The van der Waals surface area contributed by atoms with Crippen molar-refractivity contribution in [2.45, 2.75) is 0 Å². The van der Waals surface area contributed by atoms with Crippen LogP contribution in [0, 0.1) is 11.6 Å². The van der Waals surface area contributed by atoms with Crippen molar-refractivity contribution in [3.8, 4) is 22.5 Å². The van der Waals surface area contributed by atoms with Crippen LogP contribution in [0.2, 0.25) is 0 Å². The van der Waals surface area contributed by atoms with Gasteiger partial charge >= 0.3 is 0 Å². The molecule has 0 spiro atoms. The monoisotopic (exact) mass is 1000 g/mol. The Morgan fingerprint density at radius 3 is 1.01 bits per heavy atom. The van der Waals surface area contributed by atoms with Gasteiger partial charge in [0.05, 0.1) is 44.8 Å². The van der Waals surface area contributed by atoms with Crippen molar-refractivity contribution in [1.82, 2.24) is 9.13 Å². The molecule has 0 aliphatic rings. The first-order valence-corrected chi connectivity index (χ1v) is 26.4. The first-order chi connectivity index (χ1) is 38.5. The number of hydrogen-bond donors (Lipinski definition) is 0. The molecule has 16 rings (SSSR count). The van der Waals surface area contributed by atoms with E-state index in [1.54, 1.807) is 0 Å². The average molecular weight is 1000 g/mol. The first kappa shape index (κ1) is 44.0. The molecule has 2 heterocycles. The summed E-state index contributed by atoms with van der Waals surface area (Å²) in [7, 11) is 0. The van der Waals surface area contributed by atoms with Crippen LogP contribution in [0.15, 0.2) is 267 Å². The lowest BCUT2D eigenvalue weighted by Crippen LogP contribution is -2.11. The van der Waals surface area contributed by atoms with Crippen molar-refractivity contribution >= 4 is 121 Å². The molecule has 0 radical (unpaired) electrons. The van der Waals surface area contributed by atoms with Gasteiger partial charge in [-0.2, -0.15) is 0 Å². The van der Waals surface area contributed by atoms with Gasteiger partial charge in [0.2, 0.25) is 0 Å². The highest BCUT2D eigenvalue weighted by molar-refractivity contribution is 6.28. The molecule has 4 nitrogen and oxygen atoms in total. The molecule has 0 amide bonds. The first-order valence-electron chi connectivity index (χ1n) is 26.4.